The maximum Gasteiger partial charge on any atom is 0.259 e. The molecule has 0 saturated carbocycles. The molecule has 2 aromatic carbocycles. The van der Waals surface area contributed by atoms with Crippen LogP contribution in [0, 0.1) is 12.7 Å². The standard InChI is InChI=1S/C23H23FN4O2S/c1-16-21(15-25-28(16)20-8-4-18(24)5-9-20)23(30)26-19-6-2-17(3-7-19)14-22(29)27-10-12-31-13-11-27/h2-9,15H,10-14H2,1H3,(H,26,30). The lowest BCUT2D eigenvalue weighted by molar-refractivity contribution is -0.130. The quantitative estimate of drug-likeness (QED) is 0.660. The Balaban J connectivity index is 1.40. The number of amides is 2. The number of carbonyl (C=O) groups excluding carboxylic acids is 2. The van der Waals surface area contributed by atoms with Crippen molar-refractivity contribution in [3.05, 3.63) is 77.4 Å². The number of thioether (sulfide) groups is 1. The summed E-state index contributed by atoms with van der Waals surface area (Å²) in [5.41, 5.74) is 3.34. The van der Waals surface area contributed by atoms with Crippen LogP contribution in [0.15, 0.2) is 54.7 Å². The number of aromatic nitrogens is 2. The van der Waals surface area contributed by atoms with Crippen molar-refractivity contribution in [1.29, 1.82) is 0 Å². The van der Waals surface area contributed by atoms with Gasteiger partial charge in [-0.15, -0.1) is 0 Å². The summed E-state index contributed by atoms with van der Waals surface area (Å²) in [4.78, 5) is 27.0. The molecule has 1 N–H and O–H groups in total. The molecule has 0 unspecified atom stereocenters. The van der Waals surface area contributed by atoms with E-state index in [0.717, 1.165) is 30.2 Å². The summed E-state index contributed by atoms with van der Waals surface area (Å²) in [6, 6.07) is 13.2. The second-order valence-electron chi connectivity index (χ2n) is 7.35. The van der Waals surface area contributed by atoms with Gasteiger partial charge in [0.1, 0.15) is 5.82 Å². The van der Waals surface area contributed by atoms with Crippen molar-refractivity contribution in [3.63, 3.8) is 0 Å². The molecular formula is C23H23FN4O2S. The highest BCUT2D eigenvalue weighted by Crippen LogP contribution is 2.18. The van der Waals surface area contributed by atoms with Crippen LogP contribution in [0.25, 0.3) is 5.69 Å². The molecule has 1 fully saturated rings. The highest BCUT2D eigenvalue weighted by Gasteiger charge is 2.18. The Kier molecular flexibility index (Phi) is 6.36. The molecule has 0 aliphatic carbocycles. The molecule has 1 aromatic heterocycles. The third kappa shape index (κ3) is 4.96. The lowest BCUT2D eigenvalue weighted by Crippen LogP contribution is -2.38. The van der Waals surface area contributed by atoms with Crippen molar-refractivity contribution < 1.29 is 14.0 Å². The van der Waals surface area contributed by atoms with Crippen LogP contribution in [0.4, 0.5) is 10.1 Å². The summed E-state index contributed by atoms with van der Waals surface area (Å²) >= 11 is 1.87. The molecule has 0 spiro atoms. The van der Waals surface area contributed by atoms with Crippen LogP contribution in [0.3, 0.4) is 0 Å². The monoisotopic (exact) mass is 438 g/mol. The number of nitrogens with zero attached hydrogens (tertiary/aromatic N) is 3. The molecule has 160 valence electrons. The second-order valence-corrected chi connectivity index (χ2v) is 8.58. The Morgan fingerprint density at radius 1 is 1.06 bits per heavy atom. The normalized spacial score (nSPS) is 13.8. The first-order valence-electron chi connectivity index (χ1n) is 10.1. The molecule has 6 nitrogen and oxygen atoms in total. The van der Waals surface area contributed by atoms with E-state index in [9.17, 15) is 14.0 Å². The van der Waals surface area contributed by atoms with E-state index < -0.39 is 0 Å². The molecule has 0 atom stereocenters. The molecule has 4 rings (SSSR count). The summed E-state index contributed by atoms with van der Waals surface area (Å²) in [6.07, 6.45) is 1.86. The van der Waals surface area contributed by atoms with Gasteiger partial charge in [0, 0.05) is 30.3 Å². The van der Waals surface area contributed by atoms with E-state index in [2.05, 4.69) is 10.4 Å². The molecule has 2 heterocycles. The summed E-state index contributed by atoms with van der Waals surface area (Å²) < 4.78 is 14.8. The first kappa shape index (κ1) is 21.1. The number of hydrogen-bond donors (Lipinski definition) is 1. The molecule has 3 aromatic rings. The summed E-state index contributed by atoms with van der Waals surface area (Å²) in [5, 5.41) is 7.13. The maximum absolute atomic E-state index is 13.2. The van der Waals surface area contributed by atoms with Gasteiger partial charge < -0.3 is 10.2 Å². The van der Waals surface area contributed by atoms with E-state index in [0.29, 0.717) is 29.1 Å². The van der Waals surface area contributed by atoms with Crippen LogP contribution in [-0.4, -0.2) is 51.1 Å². The third-order valence-electron chi connectivity index (χ3n) is 5.26. The van der Waals surface area contributed by atoms with Gasteiger partial charge >= 0.3 is 0 Å². The van der Waals surface area contributed by atoms with Crippen LogP contribution in [0.5, 0.6) is 0 Å². The number of hydrogen-bond acceptors (Lipinski definition) is 4. The predicted octanol–water partition coefficient (Wildman–Crippen LogP) is 3.69. The molecule has 8 heteroatoms. The predicted molar refractivity (Wildman–Crippen MR) is 120 cm³/mol. The van der Waals surface area contributed by atoms with Crippen molar-refractivity contribution in [1.82, 2.24) is 14.7 Å². The molecule has 31 heavy (non-hydrogen) atoms. The van der Waals surface area contributed by atoms with E-state index >= 15 is 0 Å². The van der Waals surface area contributed by atoms with E-state index in [4.69, 9.17) is 0 Å². The first-order valence-corrected chi connectivity index (χ1v) is 11.2. The van der Waals surface area contributed by atoms with Crippen molar-refractivity contribution in [2.75, 3.05) is 29.9 Å². The lowest BCUT2D eigenvalue weighted by Gasteiger charge is -2.26. The van der Waals surface area contributed by atoms with Crippen LogP contribution in [0.2, 0.25) is 0 Å². The van der Waals surface area contributed by atoms with Gasteiger partial charge in [-0.1, -0.05) is 12.1 Å². The third-order valence-corrected chi connectivity index (χ3v) is 6.20. The molecule has 1 saturated heterocycles. The number of rotatable bonds is 5. The Morgan fingerprint density at radius 2 is 1.74 bits per heavy atom. The van der Waals surface area contributed by atoms with Crippen LogP contribution in [0.1, 0.15) is 21.6 Å². The summed E-state index contributed by atoms with van der Waals surface area (Å²) in [6.45, 7) is 3.41. The Hall–Kier alpha value is -3.13. The fourth-order valence-electron chi connectivity index (χ4n) is 3.48. The zero-order chi connectivity index (χ0) is 21.8. The highest BCUT2D eigenvalue weighted by atomic mass is 32.2. The van der Waals surface area contributed by atoms with Gasteiger partial charge in [0.05, 0.1) is 29.6 Å². The van der Waals surface area contributed by atoms with Crippen LogP contribution < -0.4 is 5.32 Å². The Morgan fingerprint density at radius 3 is 2.42 bits per heavy atom. The molecule has 0 radical (unpaired) electrons. The van der Waals surface area contributed by atoms with E-state index in [1.807, 2.05) is 28.8 Å². The molecule has 2 amide bonds. The highest BCUT2D eigenvalue weighted by molar-refractivity contribution is 7.99. The Bertz CT molecular complexity index is 1070. The van der Waals surface area contributed by atoms with Gasteiger partial charge in [-0.3, -0.25) is 9.59 Å². The number of carbonyl (C=O) groups is 2. The molecular weight excluding hydrogens is 415 g/mol. The van der Waals surface area contributed by atoms with Crippen molar-refractivity contribution in [2.45, 2.75) is 13.3 Å². The number of benzene rings is 2. The average molecular weight is 439 g/mol. The number of halogens is 1. The largest absolute Gasteiger partial charge is 0.341 e. The minimum atomic E-state index is -0.327. The lowest BCUT2D eigenvalue weighted by atomic mass is 10.1. The van der Waals surface area contributed by atoms with Gasteiger partial charge in [0.15, 0.2) is 0 Å². The van der Waals surface area contributed by atoms with Gasteiger partial charge in [-0.05, 0) is 48.9 Å². The van der Waals surface area contributed by atoms with Gasteiger partial charge in [-0.25, -0.2) is 9.07 Å². The fourth-order valence-corrected chi connectivity index (χ4v) is 4.38. The fraction of sp³-hybridized carbons (Fsp3) is 0.261. The van der Waals surface area contributed by atoms with Crippen molar-refractivity contribution >= 4 is 29.3 Å². The maximum atomic E-state index is 13.2. The van der Waals surface area contributed by atoms with Crippen molar-refractivity contribution in [2.24, 2.45) is 0 Å². The van der Waals surface area contributed by atoms with E-state index in [1.165, 1.54) is 18.3 Å². The SMILES string of the molecule is Cc1c(C(=O)Nc2ccc(CC(=O)N3CCSCC3)cc2)cnn1-c1ccc(F)cc1. The van der Waals surface area contributed by atoms with Crippen LogP contribution in [-0.2, 0) is 11.2 Å². The van der Waals surface area contributed by atoms with Crippen LogP contribution >= 0.6 is 11.8 Å². The Labute approximate surface area is 184 Å². The van der Waals surface area contributed by atoms with E-state index in [-0.39, 0.29) is 17.6 Å². The minimum absolute atomic E-state index is 0.140. The van der Waals surface area contributed by atoms with E-state index in [1.54, 1.807) is 35.9 Å². The van der Waals surface area contributed by atoms with Gasteiger partial charge in [0.2, 0.25) is 5.91 Å². The second kappa shape index (κ2) is 9.34. The topological polar surface area (TPSA) is 67.2 Å². The minimum Gasteiger partial charge on any atom is -0.341 e. The van der Waals surface area contributed by atoms with Crippen molar-refractivity contribution in [3.8, 4) is 5.69 Å². The number of anilines is 1. The molecule has 1 aliphatic heterocycles. The zero-order valence-electron chi connectivity index (χ0n) is 17.2. The average Bonchev–Trinajstić information content (AvgIpc) is 3.17. The molecule has 1 aliphatic rings. The summed E-state index contributed by atoms with van der Waals surface area (Å²) in [7, 11) is 0. The first-order chi connectivity index (χ1) is 15.0. The van der Waals surface area contributed by atoms with Gasteiger partial charge in [-0.2, -0.15) is 16.9 Å². The summed E-state index contributed by atoms with van der Waals surface area (Å²) in [5.74, 6) is 1.52. The smallest absolute Gasteiger partial charge is 0.259 e. The number of nitrogens with one attached hydrogen (secondary N) is 1. The molecule has 0 bridgehead atoms. The zero-order valence-corrected chi connectivity index (χ0v) is 18.0. The van der Waals surface area contributed by atoms with Gasteiger partial charge in [0.25, 0.3) is 5.91 Å².